The molecule has 3 aromatic rings. The molecule has 2 aromatic heterocycles. The number of aryl methyl sites for hydroxylation is 1. The molecule has 6 heteroatoms. The lowest BCUT2D eigenvalue weighted by Crippen LogP contribution is -2.32. The van der Waals surface area contributed by atoms with Gasteiger partial charge in [-0.2, -0.15) is 0 Å². The molecule has 0 bridgehead atoms. The van der Waals surface area contributed by atoms with E-state index in [4.69, 9.17) is 4.74 Å². The number of carbonyl (C=O) groups is 1. The van der Waals surface area contributed by atoms with Crippen molar-refractivity contribution < 1.29 is 9.53 Å². The van der Waals surface area contributed by atoms with E-state index in [1.165, 1.54) is 11.3 Å². The third-order valence-electron chi connectivity index (χ3n) is 3.88. The molecule has 0 atom stereocenters. The molecular formula is C20H21N3O2S. The van der Waals surface area contributed by atoms with Crippen LogP contribution < -0.4 is 4.74 Å². The number of likely N-dealkylation sites (N-methyl/N-ethyl adjacent to an activating group) is 1. The van der Waals surface area contributed by atoms with Gasteiger partial charge in [0.1, 0.15) is 17.4 Å². The zero-order valence-electron chi connectivity index (χ0n) is 14.9. The molecule has 0 radical (unpaired) electrons. The van der Waals surface area contributed by atoms with Crippen LogP contribution in [0.2, 0.25) is 0 Å². The second-order valence-corrected chi connectivity index (χ2v) is 6.87. The Morgan fingerprint density at radius 1 is 1.23 bits per heavy atom. The third kappa shape index (κ3) is 4.89. The van der Waals surface area contributed by atoms with Crippen molar-refractivity contribution in [3.05, 3.63) is 65.3 Å². The maximum Gasteiger partial charge on any atom is 0.228 e. The lowest BCUT2D eigenvalue weighted by Gasteiger charge is -2.17. The van der Waals surface area contributed by atoms with Gasteiger partial charge in [-0.25, -0.2) is 4.98 Å². The fraction of sp³-hybridized carbons (Fsp3) is 0.250. The zero-order chi connectivity index (χ0) is 18.4. The fourth-order valence-electron chi connectivity index (χ4n) is 2.42. The van der Waals surface area contributed by atoms with Crippen LogP contribution in [-0.2, 0) is 11.2 Å². The Morgan fingerprint density at radius 2 is 2.12 bits per heavy atom. The van der Waals surface area contributed by atoms with Gasteiger partial charge in [0, 0.05) is 18.6 Å². The molecule has 26 heavy (non-hydrogen) atoms. The van der Waals surface area contributed by atoms with E-state index in [0.29, 0.717) is 13.2 Å². The zero-order valence-corrected chi connectivity index (χ0v) is 15.7. The summed E-state index contributed by atoms with van der Waals surface area (Å²) in [7, 11) is 1.79. The number of thiazole rings is 1. The highest BCUT2D eigenvalue weighted by molar-refractivity contribution is 7.13. The van der Waals surface area contributed by atoms with E-state index >= 15 is 0 Å². The van der Waals surface area contributed by atoms with Gasteiger partial charge in [-0.15, -0.1) is 11.3 Å². The number of carbonyl (C=O) groups excluding carboxylic acids is 1. The summed E-state index contributed by atoms with van der Waals surface area (Å²) in [5, 5.41) is 2.75. The number of pyridine rings is 1. The molecule has 0 fully saturated rings. The van der Waals surface area contributed by atoms with Gasteiger partial charge in [-0.1, -0.05) is 18.2 Å². The van der Waals surface area contributed by atoms with Crippen molar-refractivity contribution in [3.8, 4) is 16.5 Å². The quantitative estimate of drug-likeness (QED) is 0.640. The Hall–Kier alpha value is -2.73. The molecular weight excluding hydrogens is 346 g/mol. The van der Waals surface area contributed by atoms with Gasteiger partial charge < -0.3 is 9.64 Å². The molecule has 0 spiro atoms. The number of hydrogen-bond acceptors (Lipinski definition) is 5. The molecule has 0 aliphatic heterocycles. The highest BCUT2D eigenvalue weighted by Crippen LogP contribution is 2.21. The number of aromatic nitrogens is 2. The van der Waals surface area contributed by atoms with Crippen LogP contribution in [0.3, 0.4) is 0 Å². The summed E-state index contributed by atoms with van der Waals surface area (Å²) in [5.74, 6) is 0.848. The average Bonchev–Trinajstić information content (AvgIpc) is 3.11. The molecule has 1 aromatic carbocycles. The molecule has 0 N–H and O–H groups in total. The lowest BCUT2D eigenvalue weighted by atomic mass is 10.2. The Balaban J connectivity index is 1.49. The highest BCUT2D eigenvalue weighted by atomic mass is 32.1. The van der Waals surface area contributed by atoms with Crippen LogP contribution in [0.25, 0.3) is 10.7 Å². The molecule has 0 unspecified atom stereocenters. The minimum absolute atomic E-state index is 0.0238. The summed E-state index contributed by atoms with van der Waals surface area (Å²) in [6.45, 7) is 3.02. The molecule has 134 valence electrons. The van der Waals surface area contributed by atoms with Crippen molar-refractivity contribution in [1.29, 1.82) is 0 Å². The SMILES string of the molecule is Cc1cccc(OCCN(C)C(=O)Cc2csc(-c3ccccn3)n2)c1. The molecule has 3 rings (SSSR count). The molecule has 0 saturated heterocycles. The van der Waals surface area contributed by atoms with Crippen molar-refractivity contribution in [1.82, 2.24) is 14.9 Å². The number of nitrogens with zero attached hydrogens (tertiary/aromatic N) is 3. The first-order valence-electron chi connectivity index (χ1n) is 8.41. The maximum absolute atomic E-state index is 12.4. The van der Waals surface area contributed by atoms with Gasteiger partial charge >= 0.3 is 0 Å². The van der Waals surface area contributed by atoms with Crippen molar-refractivity contribution in [3.63, 3.8) is 0 Å². The number of rotatable bonds is 7. The molecule has 5 nitrogen and oxygen atoms in total. The monoisotopic (exact) mass is 367 g/mol. The Morgan fingerprint density at radius 3 is 2.88 bits per heavy atom. The highest BCUT2D eigenvalue weighted by Gasteiger charge is 2.13. The van der Waals surface area contributed by atoms with E-state index in [0.717, 1.165) is 27.7 Å². The summed E-state index contributed by atoms with van der Waals surface area (Å²) >= 11 is 1.50. The van der Waals surface area contributed by atoms with E-state index in [1.54, 1.807) is 18.1 Å². The average molecular weight is 367 g/mol. The largest absolute Gasteiger partial charge is 0.492 e. The molecule has 1 amide bonds. The van der Waals surface area contributed by atoms with Gasteiger partial charge in [0.2, 0.25) is 5.91 Å². The smallest absolute Gasteiger partial charge is 0.228 e. The van der Waals surface area contributed by atoms with Gasteiger partial charge in [0.05, 0.1) is 24.4 Å². The number of ether oxygens (including phenoxy) is 1. The van der Waals surface area contributed by atoms with E-state index in [9.17, 15) is 4.79 Å². The number of amides is 1. The van der Waals surface area contributed by atoms with Crippen molar-refractivity contribution in [2.75, 3.05) is 20.2 Å². The third-order valence-corrected chi connectivity index (χ3v) is 4.79. The van der Waals surface area contributed by atoms with E-state index in [1.807, 2.05) is 54.8 Å². The first-order valence-corrected chi connectivity index (χ1v) is 9.29. The summed E-state index contributed by atoms with van der Waals surface area (Å²) in [6.07, 6.45) is 2.02. The standard InChI is InChI=1S/C20H21N3O2S/c1-15-6-5-7-17(12-15)25-11-10-23(2)19(24)13-16-14-26-20(22-16)18-8-3-4-9-21-18/h3-9,12,14H,10-11,13H2,1-2H3. The van der Waals surface area contributed by atoms with Crippen LogP contribution in [0.1, 0.15) is 11.3 Å². The number of benzene rings is 1. The van der Waals surface area contributed by atoms with Crippen LogP contribution in [0.4, 0.5) is 0 Å². The first kappa shape index (κ1) is 18.1. The normalized spacial score (nSPS) is 10.5. The van der Waals surface area contributed by atoms with Crippen LogP contribution in [0.5, 0.6) is 5.75 Å². The Bertz CT molecular complexity index is 864. The fourth-order valence-corrected chi connectivity index (χ4v) is 3.21. The van der Waals surface area contributed by atoms with Gasteiger partial charge in [-0.05, 0) is 36.8 Å². The van der Waals surface area contributed by atoms with Crippen molar-refractivity contribution in [2.45, 2.75) is 13.3 Å². The minimum Gasteiger partial charge on any atom is -0.492 e. The predicted octanol–water partition coefficient (Wildman–Crippen LogP) is 3.59. The van der Waals surface area contributed by atoms with Crippen molar-refractivity contribution >= 4 is 17.2 Å². The molecule has 0 saturated carbocycles. The number of hydrogen-bond donors (Lipinski definition) is 0. The van der Waals surface area contributed by atoms with Crippen LogP contribution in [0, 0.1) is 6.92 Å². The van der Waals surface area contributed by atoms with Crippen LogP contribution in [0.15, 0.2) is 54.0 Å². The second-order valence-electron chi connectivity index (χ2n) is 6.02. The second kappa shape index (κ2) is 8.58. The van der Waals surface area contributed by atoms with Gasteiger partial charge in [0.15, 0.2) is 0 Å². The Labute approximate surface area is 157 Å². The van der Waals surface area contributed by atoms with Crippen LogP contribution >= 0.6 is 11.3 Å². The van der Waals surface area contributed by atoms with Gasteiger partial charge in [-0.3, -0.25) is 9.78 Å². The Kier molecular flexibility index (Phi) is 5.96. The van der Waals surface area contributed by atoms with Crippen molar-refractivity contribution in [2.24, 2.45) is 0 Å². The minimum atomic E-state index is 0.0238. The summed E-state index contributed by atoms with van der Waals surface area (Å²) in [4.78, 5) is 22.9. The maximum atomic E-state index is 12.4. The topological polar surface area (TPSA) is 55.3 Å². The summed E-state index contributed by atoms with van der Waals surface area (Å²) in [6, 6.07) is 13.6. The van der Waals surface area contributed by atoms with E-state index in [2.05, 4.69) is 9.97 Å². The molecule has 2 heterocycles. The predicted molar refractivity (Wildman–Crippen MR) is 103 cm³/mol. The van der Waals surface area contributed by atoms with Crippen LogP contribution in [-0.4, -0.2) is 41.0 Å². The summed E-state index contributed by atoms with van der Waals surface area (Å²) < 4.78 is 5.70. The van der Waals surface area contributed by atoms with Gasteiger partial charge in [0.25, 0.3) is 0 Å². The summed E-state index contributed by atoms with van der Waals surface area (Å²) in [5.41, 5.74) is 2.75. The molecule has 0 aliphatic carbocycles. The van der Waals surface area contributed by atoms with E-state index < -0.39 is 0 Å². The molecule has 0 aliphatic rings. The van der Waals surface area contributed by atoms with E-state index in [-0.39, 0.29) is 12.3 Å². The lowest BCUT2D eigenvalue weighted by molar-refractivity contribution is -0.129. The first-order chi connectivity index (χ1) is 12.6.